The molecule has 0 saturated heterocycles. The van der Waals surface area contributed by atoms with Crippen LogP contribution in [0.25, 0.3) is 33.1 Å². The van der Waals surface area contributed by atoms with Crippen LogP contribution in [-0.2, 0) is 13.1 Å². The van der Waals surface area contributed by atoms with E-state index in [1.165, 1.54) is 6.07 Å². The number of imidazole rings is 1. The summed E-state index contributed by atoms with van der Waals surface area (Å²) in [6.45, 7) is 5.76. The highest BCUT2D eigenvalue weighted by Gasteiger charge is 2.25. The summed E-state index contributed by atoms with van der Waals surface area (Å²) in [5, 5.41) is 0.468. The van der Waals surface area contributed by atoms with Gasteiger partial charge in [-0.15, -0.1) is 0 Å². The average molecular weight is 469 g/mol. The summed E-state index contributed by atoms with van der Waals surface area (Å²) in [6, 6.07) is 18.9. The molecule has 0 saturated carbocycles. The van der Waals surface area contributed by atoms with Crippen molar-refractivity contribution in [3.8, 4) is 16.9 Å². The SMILES string of the molecule is CCn1c(C(=O)N2CCOc3ccc(-c4ccc5nc(C)[nH]c5c4)cc3C2)cc2c(F)cccc21. The Kier molecular flexibility index (Phi) is 5.06. The van der Waals surface area contributed by atoms with Gasteiger partial charge in [0.25, 0.3) is 5.91 Å². The van der Waals surface area contributed by atoms with Crippen molar-refractivity contribution in [2.24, 2.45) is 0 Å². The lowest BCUT2D eigenvalue weighted by Gasteiger charge is -2.21. The molecule has 7 heteroatoms. The van der Waals surface area contributed by atoms with Crippen LogP contribution in [0.3, 0.4) is 0 Å². The highest BCUT2D eigenvalue weighted by atomic mass is 19.1. The molecule has 35 heavy (non-hydrogen) atoms. The number of amides is 1. The van der Waals surface area contributed by atoms with E-state index in [0.29, 0.717) is 37.3 Å². The van der Waals surface area contributed by atoms with Crippen molar-refractivity contribution >= 4 is 27.8 Å². The Balaban J connectivity index is 1.35. The minimum Gasteiger partial charge on any atom is -0.491 e. The molecule has 0 atom stereocenters. The summed E-state index contributed by atoms with van der Waals surface area (Å²) >= 11 is 0. The first-order valence-electron chi connectivity index (χ1n) is 11.8. The number of aromatic amines is 1. The van der Waals surface area contributed by atoms with Gasteiger partial charge in [-0.05, 0) is 67.4 Å². The topological polar surface area (TPSA) is 63.1 Å². The maximum Gasteiger partial charge on any atom is 0.270 e. The lowest BCUT2D eigenvalue weighted by atomic mass is 10.0. The predicted octanol–water partition coefficient (Wildman–Crippen LogP) is 5.69. The van der Waals surface area contributed by atoms with E-state index in [9.17, 15) is 9.18 Å². The van der Waals surface area contributed by atoms with Crippen molar-refractivity contribution in [1.82, 2.24) is 19.4 Å². The first kappa shape index (κ1) is 21.4. The van der Waals surface area contributed by atoms with E-state index < -0.39 is 0 Å². The third-order valence-corrected chi connectivity index (χ3v) is 6.69. The van der Waals surface area contributed by atoms with Crippen molar-refractivity contribution in [3.63, 3.8) is 0 Å². The molecule has 2 aromatic heterocycles. The van der Waals surface area contributed by atoms with E-state index in [2.05, 4.69) is 28.2 Å². The Labute approximate surface area is 202 Å². The molecule has 6 nitrogen and oxygen atoms in total. The molecule has 0 radical (unpaired) electrons. The van der Waals surface area contributed by atoms with Crippen LogP contribution in [0.5, 0.6) is 5.75 Å². The number of ether oxygens (including phenoxy) is 1. The highest BCUT2D eigenvalue weighted by Crippen LogP contribution is 2.32. The number of halogens is 1. The highest BCUT2D eigenvalue weighted by molar-refractivity contribution is 5.99. The average Bonchev–Trinajstić information content (AvgIpc) is 3.35. The zero-order valence-corrected chi connectivity index (χ0v) is 19.6. The number of hydrogen-bond acceptors (Lipinski definition) is 3. The normalized spacial score (nSPS) is 13.6. The zero-order valence-electron chi connectivity index (χ0n) is 19.6. The smallest absolute Gasteiger partial charge is 0.270 e. The molecule has 0 spiro atoms. The van der Waals surface area contributed by atoms with E-state index in [1.54, 1.807) is 17.0 Å². The Morgan fingerprint density at radius 3 is 2.80 bits per heavy atom. The maximum absolute atomic E-state index is 14.4. The van der Waals surface area contributed by atoms with Crippen LogP contribution in [0, 0.1) is 12.7 Å². The molecule has 1 N–H and O–H groups in total. The monoisotopic (exact) mass is 468 g/mol. The van der Waals surface area contributed by atoms with Crippen molar-refractivity contribution in [2.45, 2.75) is 26.9 Å². The number of nitrogens with one attached hydrogen (secondary N) is 1. The number of carbonyl (C=O) groups is 1. The van der Waals surface area contributed by atoms with Crippen LogP contribution in [0.15, 0.2) is 60.7 Å². The van der Waals surface area contributed by atoms with Gasteiger partial charge >= 0.3 is 0 Å². The molecule has 3 aromatic carbocycles. The molecule has 3 heterocycles. The minimum atomic E-state index is -0.317. The number of hydrogen-bond donors (Lipinski definition) is 1. The number of aryl methyl sites for hydroxylation is 2. The van der Waals surface area contributed by atoms with Gasteiger partial charge in [-0.25, -0.2) is 9.37 Å². The van der Waals surface area contributed by atoms with Crippen molar-refractivity contribution < 1.29 is 13.9 Å². The second-order valence-electron chi connectivity index (χ2n) is 8.90. The van der Waals surface area contributed by atoms with E-state index >= 15 is 0 Å². The summed E-state index contributed by atoms with van der Waals surface area (Å²) in [7, 11) is 0. The van der Waals surface area contributed by atoms with E-state index in [-0.39, 0.29) is 11.7 Å². The number of H-pyrrole nitrogens is 1. The second kappa shape index (κ2) is 8.27. The first-order chi connectivity index (χ1) is 17.0. The number of fused-ring (bicyclic) bond motifs is 3. The van der Waals surface area contributed by atoms with Crippen LogP contribution in [0.4, 0.5) is 4.39 Å². The number of rotatable bonds is 3. The summed E-state index contributed by atoms with van der Waals surface area (Å²) < 4.78 is 22.3. The van der Waals surface area contributed by atoms with Crippen molar-refractivity contribution in [3.05, 3.63) is 83.6 Å². The van der Waals surface area contributed by atoms with Gasteiger partial charge in [0.05, 0.1) is 23.1 Å². The number of nitrogens with zero attached hydrogens (tertiary/aromatic N) is 3. The van der Waals surface area contributed by atoms with E-state index in [1.807, 2.05) is 42.7 Å². The summed E-state index contributed by atoms with van der Waals surface area (Å²) in [6.07, 6.45) is 0. The third-order valence-electron chi connectivity index (χ3n) is 6.69. The summed E-state index contributed by atoms with van der Waals surface area (Å²) in [5.41, 5.74) is 6.19. The van der Waals surface area contributed by atoms with Crippen molar-refractivity contribution in [2.75, 3.05) is 13.2 Å². The van der Waals surface area contributed by atoms with Gasteiger partial charge in [-0.1, -0.05) is 18.2 Å². The number of aromatic nitrogens is 3. The quantitative estimate of drug-likeness (QED) is 0.370. The van der Waals surface area contributed by atoms with Gasteiger partial charge in [0.2, 0.25) is 0 Å². The van der Waals surface area contributed by atoms with Gasteiger partial charge in [-0.2, -0.15) is 0 Å². The molecule has 0 aliphatic carbocycles. The maximum atomic E-state index is 14.4. The fraction of sp³-hybridized carbons (Fsp3) is 0.214. The molecular weight excluding hydrogens is 443 g/mol. The molecule has 176 valence electrons. The van der Waals surface area contributed by atoms with Crippen LogP contribution >= 0.6 is 0 Å². The van der Waals surface area contributed by atoms with Gasteiger partial charge in [0.15, 0.2) is 0 Å². The summed E-state index contributed by atoms with van der Waals surface area (Å²) in [5.74, 6) is 1.22. The molecule has 1 aliphatic heterocycles. The molecule has 0 fully saturated rings. The first-order valence-corrected chi connectivity index (χ1v) is 11.8. The van der Waals surface area contributed by atoms with Gasteiger partial charge in [0.1, 0.15) is 29.7 Å². The molecule has 0 unspecified atom stereocenters. The lowest BCUT2D eigenvalue weighted by molar-refractivity contribution is 0.0723. The van der Waals surface area contributed by atoms with E-state index in [4.69, 9.17) is 4.74 Å². The van der Waals surface area contributed by atoms with Crippen molar-refractivity contribution in [1.29, 1.82) is 0 Å². The van der Waals surface area contributed by atoms with Gasteiger partial charge in [-0.3, -0.25) is 4.79 Å². The standard InChI is InChI=1S/C28H25FN4O2/c1-3-33-25-6-4-5-22(29)21(25)15-26(33)28(34)32-11-12-35-27-10-8-18(13-20(27)16-32)19-7-9-23-24(14-19)31-17(2)30-23/h4-10,13-15H,3,11-12,16H2,1-2H3,(H,30,31). The van der Waals surface area contributed by atoms with Crippen LogP contribution < -0.4 is 4.74 Å². The molecular formula is C28H25FN4O2. The number of carbonyl (C=O) groups excluding carboxylic acids is 1. The zero-order chi connectivity index (χ0) is 24.1. The Hall–Kier alpha value is -4.13. The Bertz CT molecular complexity index is 1600. The summed E-state index contributed by atoms with van der Waals surface area (Å²) in [4.78, 5) is 23.2. The van der Waals surface area contributed by atoms with Gasteiger partial charge in [0, 0.05) is 24.0 Å². The largest absolute Gasteiger partial charge is 0.491 e. The van der Waals surface area contributed by atoms with Crippen LogP contribution in [-0.4, -0.2) is 38.5 Å². The van der Waals surface area contributed by atoms with Crippen LogP contribution in [0.2, 0.25) is 0 Å². The fourth-order valence-corrected chi connectivity index (χ4v) is 4.99. The third kappa shape index (κ3) is 3.64. The van der Waals surface area contributed by atoms with Gasteiger partial charge < -0.3 is 19.2 Å². The number of benzene rings is 3. The lowest BCUT2D eigenvalue weighted by Crippen LogP contribution is -2.33. The molecule has 1 aliphatic rings. The molecule has 1 amide bonds. The molecule has 5 aromatic rings. The molecule has 0 bridgehead atoms. The van der Waals surface area contributed by atoms with E-state index in [0.717, 1.165) is 44.8 Å². The molecule has 6 rings (SSSR count). The Morgan fingerprint density at radius 2 is 1.94 bits per heavy atom. The second-order valence-corrected chi connectivity index (χ2v) is 8.90. The fourth-order valence-electron chi connectivity index (χ4n) is 4.99. The predicted molar refractivity (Wildman–Crippen MR) is 134 cm³/mol. The minimum absolute atomic E-state index is 0.126. The van der Waals surface area contributed by atoms with Crippen LogP contribution in [0.1, 0.15) is 28.8 Å². The Morgan fingerprint density at radius 1 is 1.11 bits per heavy atom.